The van der Waals surface area contributed by atoms with Crippen LogP contribution in [-0.4, -0.2) is 48.1 Å². The van der Waals surface area contributed by atoms with E-state index in [9.17, 15) is 9.59 Å². The van der Waals surface area contributed by atoms with Gasteiger partial charge in [0.1, 0.15) is 6.04 Å². The number of ether oxygens (including phenoxy) is 1. The molecule has 2 unspecified atom stereocenters. The molecule has 5 heteroatoms. The van der Waals surface area contributed by atoms with Gasteiger partial charge < -0.3 is 15.0 Å². The minimum absolute atomic E-state index is 0.0173. The fourth-order valence-electron chi connectivity index (χ4n) is 2.37. The Bertz CT molecular complexity index is 310. The molecule has 0 spiro atoms. The van der Waals surface area contributed by atoms with Crippen molar-refractivity contribution >= 4 is 11.8 Å². The average Bonchev–Trinajstić information content (AvgIpc) is 2.61. The first kappa shape index (κ1) is 11.4. The molecule has 0 aliphatic carbocycles. The van der Waals surface area contributed by atoms with Crippen molar-refractivity contribution in [3.63, 3.8) is 0 Å². The number of nitrogens with zero attached hydrogens (tertiary/aromatic N) is 1. The fourth-order valence-corrected chi connectivity index (χ4v) is 2.37. The number of amides is 2. The van der Waals surface area contributed by atoms with Crippen LogP contribution in [0.5, 0.6) is 0 Å². The van der Waals surface area contributed by atoms with Crippen LogP contribution in [0.3, 0.4) is 0 Å². The highest BCUT2D eigenvalue weighted by atomic mass is 16.5. The van der Waals surface area contributed by atoms with Crippen molar-refractivity contribution in [3.8, 4) is 0 Å². The molecule has 0 aromatic rings. The zero-order valence-electron chi connectivity index (χ0n) is 9.78. The van der Waals surface area contributed by atoms with E-state index >= 15 is 0 Å². The van der Waals surface area contributed by atoms with Gasteiger partial charge in [0.15, 0.2) is 0 Å². The molecule has 16 heavy (non-hydrogen) atoms. The molecule has 2 atom stereocenters. The third-order valence-electron chi connectivity index (χ3n) is 3.22. The van der Waals surface area contributed by atoms with Gasteiger partial charge in [-0.1, -0.05) is 0 Å². The van der Waals surface area contributed by atoms with E-state index in [4.69, 9.17) is 4.74 Å². The van der Waals surface area contributed by atoms with Gasteiger partial charge in [-0.25, -0.2) is 0 Å². The van der Waals surface area contributed by atoms with Crippen LogP contribution >= 0.6 is 0 Å². The lowest BCUT2D eigenvalue weighted by Crippen LogP contribution is -2.59. The lowest BCUT2D eigenvalue weighted by Gasteiger charge is -2.36. The van der Waals surface area contributed by atoms with Crippen molar-refractivity contribution in [1.82, 2.24) is 10.2 Å². The minimum Gasteiger partial charge on any atom is -0.373 e. The van der Waals surface area contributed by atoms with E-state index in [1.54, 1.807) is 11.8 Å². The lowest BCUT2D eigenvalue weighted by molar-refractivity contribution is -0.147. The first-order valence-corrected chi connectivity index (χ1v) is 5.72. The molecule has 90 valence electrons. The van der Waals surface area contributed by atoms with Crippen molar-refractivity contribution in [2.45, 2.75) is 38.3 Å². The molecule has 5 nitrogen and oxygen atoms in total. The fraction of sp³-hybridized carbons (Fsp3) is 0.818. The maximum atomic E-state index is 11.9. The van der Waals surface area contributed by atoms with E-state index in [0.717, 1.165) is 19.4 Å². The van der Waals surface area contributed by atoms with Gasteiger partial charge in [0.2, 0.25) is 11.8 Å². The summed E-state index contributed by atoms with van der Waals surface area (Å²) in [5, 5.41) is 2.63. The topological polar surface area (TPSA) is 58.6 Å². The van der Waals surface area contributed by atoms with E-state index in [1.165, 1.54) is 0 Å². The molecule has 2 rings (SSSR count). The highest BCUT2D eigenvalue weighted by Crippen LogP contribution is 2.26. The second-order valence-corrected chi connectivity index (χ2v) is 4.89. The Balaban J connectivity index is 2.02. The predicted molar refractivity (Wildman–Crippen MR) is 57.8 cm³/mol. The molecule has 2 amide bonds. The maximum absolute atomic E-state index is 11.9. The summed E-state index contributed by atoms with van der Waals surface area (Å²) in [5.74, 6) is -0.106. The summed E-state index contributed by atoms with van der Waals surface area (Å²) in [6.45, 7) is 5.14. The van der Waals surface area contributed by atoms with Crippen LogP contribution in [0.15, 0.2) is 0 Å². The normalized spacial score (nSPS) is 35.4. The predicted octanol–water partition coefficient (Wildman–Crippen LogP) is -0.0976. The van der Waals surface area contributed by atoms with Crippen LogP contribution in [0.4, 0.5) is 0 Å². The number of hydrogen-bond donors (Lipinski definition) is 1. The van der Waals surface area contributed by atoms with Gasteiger partial charge in [0.05, 0.1) is 18.7 Å². The SMILES string of the molecule is CC1NC(=O)CN(CC2(C)CCCO2)C1=O. The van der Waals surface area contributed by atoms with Gasteiger partial charge in [-0.2, -0.15) is 0 Å². The second kappa shape index (κ2) is 4.05. The molecule has 0 saturated carbocycles. The molecule has 2 fully saturated rings. The number of rotatable bonds is 2. The molecule has 2 saturated heterocycles. The molecule has 0 bridgehead atoms. The van der Waals surface area contributed by atoms with Gasteiger partial charge in [0.25, 0.3) is 0 Å². The summed E-state index contributed by atoms with van der Waals surface area (Å²) in [6, 6.07) is -0.411. The quantitative estimate of drug-likeness (QED) is 0.715. The Morgan fingerprint density at radius 2 is 2.31 bits per heavy atom. The first-order chi connectivity index (χ1) is 7.50. The maximum Gasteiger partial charge on any atom is 0.245 e. The zero-order valence-corrected chi connectivity index (χ0v) is 9.78. The Labute approximate surface area is 95.1 Å². The molecule has 0 aromatic carbocycles. The average molecular weight is 226 g/mol. The second-order valence-electron chi connectivity index (χ2n) is 4.89. The van der Waals surface area contributed by atoms with Crippen molar-refractivity contribution in [3.05, 3.63) is 0 Å². The van der Waals surface area contributed by atoms with Crippen molar-refractivity contribution in [2.75, 3.05) is 19.7 Å². The van der Waals surface area contributed by atoms with Crippen LogP contribution in [-0.2, 0) is 14.3 Å². The summed E-state index contributed by atoms with van der Waals surface area (Å²) < 4.78 is 5.64. The highest BCUT2D eigenvalue weighted by molar-refractivity contribution is 5.94. The molecule has 0 radical (unpaired) electrons. The third-order valence-corrected chi connectivity index (χ3v) is 3.22. The minimum atomic E-state index is -0.411. The van der Waals surface area contributed by atoms with Crippen LogP contribution in [0.25, 0.3) is 0 Å². The van der Waals surface area contributed by atoms with E-state index < -0.39 is 6.04 Å². The standard InChI is InChI=1S/C11H18N2O3/c1-8-10(15)13(6-9(14)12-8)7-11(2)4-3-5-16-11/h8H,3-7H2,1-2H3,(H,12,14). The van der Waals surface area contributed by atoms with Crippen molar-refractivity contribution < 1.29 is 14.3 Å². The van der Waals surface area contributed by atoms with Crippen molar-refractivity contribution in [2.24, 2.45) is 0 Å². The van der Waals surface area contributed by atoms with E-state index in [1.807, 2.05) is 6.92 Å². The summed E-state index contributed by atoms with van der Waals surface area (Å²) >= 11 is 0. The summed E-state index contributed by atoms with van der Waals surface area (Å²) in [5.41, 5.74) is -0.271. The van der Waals surface area contributed by atoms with Crippen LogP contribution in [0, 0.1) is 0 Å². The number of carbonyl (C=O) groups excluding carboxylic acids is 2. The largest absolute Gasteiger partial charge is 0.373 e. The Hall–Kier alpha value is -1.10. The Morgan fingerprint density at radius 3 is 2.94 bits per heavy atom. The van der Waals surface area contributed by atoms with E-state index in [-0.39, 0.29) is 24.0 Å². The molecular formula is C11H18N2O3. The summed E-state index contributed by atoms with van der Waals surface area (Å²) in [4.78, 5) is 24.8. The van der Waals surface area contributed by atoms with E-state index in [2.05, 4.69) is 5.32 Å². The Kier molecular flexibility index (Phi) is 2.88. The van der Waals surface area contributed by atoms with Crippen LogP contribution < -0.4 is 5.32 Å². The van der Waals surface area contributed by atoms with Gasteiger partial charge in [-0.15, -0.1) is 0 Å². The van der Waals surface area contributed by atoms with Gasteiger partial charge >= 0.3 is 0 Å². The van der Waals surface area contributed by atoms with E-state index in [0.29, 0.717) is 6.54 Å². The molecule has 2 aliphatic heterocycles. The van der Waals surface area contributed by atoms with Crippen LogP contribution in [0.1, 0.15) is 26.7 Å². The molecular weight excluding hydrogens is 208 g/mol. The van der Waals surface area contributed by atoms with Gasteiger partial charge in [-0.05, 0) is 26.7 Å². The molecule has 0 aromatic heterocycles. The monoisotopic (exact) mass is 226 g/mol. The summed E-state index contributed by atoms with van der Waals surface area (Å²) in [6.07, 6.45) is 1.98. The highest BCUT2D eigenvalue weighted by Gasteiger charge is 2.37. The molecule has 2 aliphatic rings. The third kappa shape index (κ3) is 2.19. The van der Waals surface area contributed by atoms with Crippen LogP contribution in [0.2, 0.25) is 0 Å². The summed E-state index contributed by atoms with van der Waals surface area (Å²) in [7, 11) is 0. The number of carbonyl (C=O) groups is 2. The number of hydrogen-bond acceptors (Lipinski definition) is 3. The molecule has 2 heterocycles. The first-order valence-electron chi connectivity index (χ1n) is 5.72. The Morgan fingerprint density at radius 1 is 1.56 bits per heavy atom. The number of nitrogens with one attached hydrogen (secondary N) is 1. The smallest absolute Gasteiger partial charge is 0.245 e. The van der Waals surface area contributed by atoms with Gasteiger partial charge in [0, 0.05) is 6.61 Å². The number of piperazine rings is 1. The molecule has 1 N–H and O–H groups in total. The van der Waals surface area contributed by atoms with Gasteiger partial charge in [-0.3, -0.25) is 9.59 Å². The zero-order chi connectivity index (χ0) is 11.8. The lowest BCUT2D eigenvalue weighted by atomic mass is 10.0. The van der Waals surface area contributed by atoms with Crippen molar-refractivity contribution in [1.29, 1.82) is 0 Å².